The number of hydrogen-bond acceptors (Lipinski definition) is 1. The Kier molecular flexibility index (Phi) is 2.57. The Balaban J connectivity index is 2.80. The van der Waals surface area contributed by atoms with Crippen molar-refractivity contribution in [2.75, 3.05) is 6.54 Å². The van der Waals surface area contributed by atoms with Crippen molar-refractivity contribution in [2.24, 2.45) is 5.73 Å². The minimum absolute atomic E-state index is 0.0764. The van der Waals surface area contributed by atoms with Gasteiger partial charge < -0.3 is 5.73 Å². The van der Waals surface area contributed by atoms with Crippen LogP contribution in [-0.2, 0) is 0 Å². The van der Waals surface area contributed by atoms with E-state index in [9.17, 15) is 13.2 Å². The second kappa shape index (κ2) is 3.31. The van der Waals surface area contributed by atoms with Crippen molar-refractivity contribution in [1.29, 1.82) is 0 Å². The normalized spacial score (nSPS) is 18.7. The van der Waals surface area contributed by atoms with Crippen LogP contribution in [0.25, 0.3) is 0 Å². The maximum atomic E-state index is 12.1. The van der Waals surface area contributed by atoms with Crippen LogP contribution in [0, 0.1) is 0 Å². The lowest BCUT2D eigenvalue weighted by atomic mass is 9.99. The number of rotatable bonds is 1. The average Bonchev–Trinajstić information content (AvgIpc) is 2.03. The van der Waals surface area contributed by atoms with E-state index in [1.54, 1.807) is 6.08 Å². The van der Waals surface area contributed by atoms with Gasteiger partial charge >= 0.3 is 6.18 Å². The summed E-state index contributed by atoms with van der Waals surface area (Å²) in [6.45, 7) is 0.180. The van der Waals surface area contributed by atoms with E-state index >= 15 is 0 Å². The Hall–Kier alpha value is -0.770. The predicted molar refractivity (Wildman–Crippen MR) is 40.5 cm³/mol. The Morgan fingerprint density at radius 3 is 2.58 bits per heavy atom. The molecule has 1 aliphatic carbocycles. The summed E-state index contributed by atoms with van der Waals surface area (Å²) in [5, 5.41) is 0. The summed E-state index contributed by atoms with van der Waals surface area (Å²) in [6.07, 6.45) is -0.779. The number of alkyl halides is 3. The van der Waals surface area contributed by atoms with Gasteiger partial charge in [0.15, 0.2) is 0 Å². The molecule has 0 saturated heterocycles. The summed E-state index contributed by atoms with van der Waals surface area (Å²) >= 11 is 0. The van der Waals surface area contributed by atoms with Gasteiger partial charge in [-0.1, -0.05) is 6.08 Å². The van der Waals surface area contributed by atoms with E-state index in [1.807, 2.05) is 0 Å². The molecule has 0 aromatic heterocycles. The first-order valence-corrected chi connectivity index (χ1v) is 3.71. The topological polar surface area (TPSA) is 26.0 Å². The molecule has 0 fully saturated rings. The average molecular weight is 177 g/mol. The van der Waals surface area contributed by atoms with E-state index in [0.29, 0.717) is 12.0 Å². The number of hydrogen-bond donors (Lipinski definition) is 1. The van der Waals surface area contributed by atoms with Gasteiger partial charge in [0.25, 0.3) is 0 Å². The Morgan fingerprint density at radius 1 is 1.42 bits per heavy atom. The highest BCUT2D eigenvalue weighted by Crippen LogP contribution is 2.32. The van der Waals surface area contributed by atoms with E-state index in [4.69, 9.17) is 5.73 Å². The summed E-state index contributed by atoms with van der Waals surface area (Å²) < 4.78 is 36.3. The zero-order valence-electron chi connectivity index (χ0n) is 6.49. The van der Waals surface area contributed by atoms with Crippen LogP contribution >= 0.6 is 0 Å². The molecule has 0 aromatic rings. The van der Waals surface area contributed by atoms with E-state index in [-0.39, 0.29) is 13.0 Å². The maximum Gasteiger partial charge on any atom is 0.412 e. The molecule has 0 aromatic carbocycles. The molecular formula is C8H10F3N. The highest BCUT2D eigenvalue weighted by atomic mass is 19.4. The van der Waals surface area contributed by atoms with Crippen LogP contribution in [0.5, 0.6) is 0 Å². The summed E-state index contributed by atoms with van der Waals surface area (Å²) in [5.41, 5.74) is 5.34. The lowest BCUT2D eigenvalue weighted by Crippen LogP contribution is -2.15. The van der Waals surface area contributed by atoms with E-state index in [1.165, 1.54) is 0 Å². The van der Waals surface area contributed by atoms with E-state index in [0.717, 1.165) is 6.08 Å². The van der Waals surface area contributed by atoms with Crippen LogP contribution in [0.15, 0.2) is 23.3 Å². The smallest absolute Gasteiger partial charge is 0.327 e. The first-order valence-electron chi connectivity index (χ1n) is 3.71. The van der Waals surface area contributed by atoms with Gasteiger partial charge in [-0.25, -0.2) is 0 Å². The lowest BCUT2D eigenvalue weighted by Gasteiger charge is -2.15. The molecule has 0 aliphatic heterocycles. The van der Waals surface area contributed by atoms with Crippen molar-refractivity contribution in [1.82, 2.24) is 0 Å². The molecule has 0 saturated carbocycles. The number of allylic oxidation sites excluding steroid dienone is 2. The van der Waals surface area contributed by atoms with Crippen molar-refractivity contribution in [2.45, 2.75) is 19.0 Å². The van der Waals surface area contributed by atoms with Crippen molar-refractivity contribution >= 4 is 0 Å². The van der Waals surface area contributed by atoms with Crippen LogP contribution in [-0.4, -0.2) is 12.7 Å². The fourth-order valence-corrected chi connectivity index (χ4v) is 1.13. The monoisotopic (exact) mass is 177 g/mol. The summed E-state index contributed by atoms with van der Waals surface area (Å²) in [7, 11) is 0. The standard InChI is InChI=1S/C8H10F3N/c9-8(10,11)7-3-1-2-6(4-7)5-12/h2,4H,1,3,5,12H2. The molecule has 4 heteroatoms. The molecule has 68 valence electrons. The molecule has 2 N–H and O–H groups in total. The van der Waals surface area contributed by atoms with Crippen LogP contribution < -0.4 is 5.73 Å². The molecule has 0 unspecified atom stereocenters. The molecule has 0 atom stereocenters. The molecule has 0 radical (unpaired) electrons. The first-order chi connectivity index (χ1) is 5.54. The summed E-state index contributed by atoms with van der Waals surface area (Å²) in [5.74, 6) is 0. The van der Waals surface area contributed by atoms with Crippen molar-refractivity contribution in [3.8, 4) is 0 Å². The van der Waals surface area contributed by atoms with Crippen molar-refractivity contribution in [3.63, 3.8) is 0 Å². The molecule has 1 rings (SSSR count). The molecule has 0 bridgehead atoms. The third kappa shape index (κ3) is 2.11. The maximum absolute atomic E-state index is 12.1. The predicted octanol–water partition coefficient (Wildman–Crippen LogP) is 2.15. The van der Waals surface area contributed by atoms with Gasteiger partial charge in [-0.15, -0.1) is 0 Å². The Labute approximate surface area is 68.7 Å². The van der Waals surface area contributed by atoms with Crippen LogP contribution in [0.3, 0.4) is 0 Å². The SMILES string of the molecule is NCC1=CCCC(C(F)(F)F)=C1. The van der Waals surface area contributed by atoms with Gasteiger partial charge in [0, 0.05) is 12.1 Å². The minimum Gasteiger partial charge on any atom is -0.327 e. The lowest BCUT2D eigenvalue weighted by molar-refractivity contribution is -0.0941. The quantitative estimate of drug-likeness (QED) is 0.652. The van der Waals surface area contributed by atoms with Gasteiger partial charge in [-0.3, -0.25) is 0 Å². The highest BCUT2D eigenvalue weighted by Gasteiger charge is 2.33. The molecular weight excluding hydrogens is 167 g/mol. The fourth-order valence-electron chi connectivity index (χ4n) is 1.13. The largest absolute Gasteiger partial charge is 0.412 e. The van der Waals surface area contributed by atoms with Crippen molar-refractivity contribution < 1.29 is 13.2 Å². The van der Waals surface area contributed by atoms with Gasteiger partial charge in [-0.05, 0) is 24.5 Å². The van der Waals surface area contributed by atoms with Crippen molar-refractivity contribution in [3.05, 3.63) is 23.3 Å². The number of nitrogens with two attached hydrogens (primary N) is 1. The molecule has 12 heavy (non-hydrogen) atoms. The molecule has 0 amide bonds. The second-order valence-corrected chi connectivity index (χ2v) is 2.69. The Bertz CT molecular complexity index is 225. The Morgan fingerprint density at radius 2 is 2.08 bits per heavy atom. The van der Waals surface area contributed by atoms with E-state index < -0.39 is 11.7 Å². The third-order valence-electron chi connectivity index (χ3n) is 1.78. The highest BCUT2D eigenvalue weighted by molar-refractivity contribution is 5.30. The van der Waals surface area contributed by atoms with Crippen LogP contribution in [0.1, 0.15) is 12.8 Å². The summed E-state index contributed by atoms with van der Waals surface area (Å²) in [4.78, 5) is 0. The third-order valence-corrected chi connectivity index (χ3v) is 1.78. The molecule has 1 aliphatic rings. The van der Waals surface area contributed by atoms with Crippen LogP contribution in [0.4, 0.5) is 13.2 Å². The van der Waals surface area contributed by atoms with Crippen LogP contribution in [0.2, 0.25) is 0 Å². The summed E-state index contributed by atoms with van der Waals surface area (Å²) in [6, 6.07) is 0. The molecule has 0 heterocycles. The number of halogens is 3. The van der Waals surface area contributed by atoms with Gasteiger partial charge in [-0.2, -0.15) is 13.2 Å². The minimum atomic E-state index is -4.19. The van der Waals surface area contributed by atoms with Gasteiger partial charge in [0.1, 0.15) is 0 Å². The zero-order valence-corrected chi connectivity index (χ0v) is 6.49. The van der Waals surface area contributed by atoms with Gasteiger partial charge in [0.05, 0.1) is 0 Å². The van der Waals surface area contributed by atoms with E-state index in [2.05, 4.69) is 0 Å². The zero-order chi connectivity index (χ0) is 9.19. The molecule has 1 nitrogen and oxygen atoms in total. The van der Waals surface area contributed by atoms with Gasteiger partial charge in [0.2, 0.25) is 0 Å². The fraction of sp³-hybridized carbons (Fsp3) is 0.500. The molecule has 0 spiro atoms. The second-order valence-electron chi connectivity index (χ2n) is 2.69. The first kappa shape index (κ1) is 9.32.